The summed E-state index contributed by atoms with van der Waals surface area (Å²) >= 11 is 6.88. The molecule has 0 aliphatic rings. The third-order valence-electron chi connectivity index (χ3n) is 2.64. The van der Waals surface area contributed by atoms with Gasteiger partial charge in [-0.1, -0.05) is 62.7 Å². The molecule has 0 bridgehead atoms. The Morgan fingerprint density at radius 2 is 1.85 bits per heavy atom. The van der Waals surface area contributed by atoms with E-state index in [1.807, 2.05) is 51.1 Å². The fraction of sp³-hybridized carbons (Fsp3) is 0.333. The van der Waals surface area contributed by atoms with Crippen molar-refractivity contribution in [3.8, 4) is 0 Å². The first-order valence-electron chi connectivity index (χ1n) is 6.07. The number of hydrogen-bond donors (Lipinski definition) is 1. The molecule has 0 radical (unpaired) electrons. The van der Waals surface area contributed by atoms with Crippen molar-refractivity contribution in [2.45, 2.75) is 26.0 Å². The van der Waals surface area contributed by atoms with Gasteiger partial charge in [-0.25, -0.2) is 4.79 Å². The monoisotopic (exact) mass is 312 g/mol. The van der Waals surface area contributed by atoms with E-state index in [2.05, 4.69) is 0 Å². The lowest BCUT2D eigenvalue weighted by molar-refractivity contribution is -0.132. The Bertz CT molecular complexity index is 518. The normalized spacial score (nSPS) is 14.4. The Labute approximate surface area is 128 Å². The molecule has 3 nitrogen and oxygen atoms in total. The molecule has 0 aromatic heterocycles. The van der Waals surface area contributed by atoms with Crippen molar-refractivity contribution in [3.05, 3.63) is 45.8 Å². The van der Waals surface area contributed by atoms with E-state index in [9.17, 15) is 9.59 Å². The number of hydrogen-bond acceptors (Lipinski definition) is 3. The van der Waals surface area contributed by atoms with Gasteiger partial charge in [0.15, 0.2) is 6.29 Å². The van der Waals surface area contributed by atoms with Crippen molar-refractivity contribution in [1.82, 2.24) is 0 Å². The molecule has 0 fully saturated rings. The zero-order valence-corrected chi connectivity index (χ0v) is 13.2. The molecule has 5 heteroatoms. The van der Waals surface area contributed by atoms with Crippen LogP contribution in [-0.2, 0) is 9.59 Å². The molecule has 0 aliphatic carbocycles. The molecule has 108 valence electrons. The van der Waals surface area contributed by atoms with Gasteiger partial charge in [-0.15, -0.1) is 11.8 Å². The Balaban J connectivity index is 3.19. The van der Waals surface area contributed by atoms with E-state index in [1.165, 1.54) is 11.8 Å². The van der Waals surface area contributed by atoms with Crippen LogP contribution in [0.5, 0.6) is 0 Å². The summed E-state index contributed by atoms with van der Waals surface area (Å²) in [6.45, 7) is 6.11. The third kappa shape index (κ3) is 4.39. The molecule has 0 aliphatic heterocycles. The summed E-state index contributed by atoms with van der Waals surface area (Å²) < 4.78 is 0. The fourth-order valence-electron chi connectivity index (χ4n) is 1.74. The van der Waals surface area contributed by atoms with E-state index in [1.54, 1.807) is 0 Å². The smallest absolute Gasteiger partial charge is 0.348 e. The van der Waals surface area contributed by atoms with Crippen LogP contribution in [0.4, 0.5) is 0 Å². The lowest BCUT2D eigenvalue weighted by Crippen LogP contribution is -2.16. The molecular weight excluding hydrogens is 296 g/mol. The van der Waals surface area contributed by atoms with Crippen LogP contribution in [-0.4, -0.2) is 17.4 Å². The summed E-state index contributed by atoms with van der Waals surface area (Å²) in [4.78, 5) is 22.1. The molecule has 1 atom stereocenters. The van der Waals surface area contributed by atoms with E-state index < -0.39 is 11.0 Å². The van der Waals surface area contributed by atoms with Crippen molar-refractivity contribution >= 4 is 35.6 Å². The molecule has 0 heterocycles. The van der Waals surface area contributed by atoms with E-state index in [0.717, 1.165) is 5.56 Å². The summed E-state index contributed by atoms with van der Waals surface area (Å²) in [6, 6.07) is 9.66. The van der Waals surface area contributed by atoms with E-state index >= 15 is 0 Å². The number of aliphatic carboxylic acids is 1. The maximum absolute atomic E-state index is 11.1. The maximum atomic E-state index is 11.1. The summed E-state index contributed by atoms with van der Waals surface area (Å²) in [5, 5.41) is 8.40. The second-order valence-corrected chi connectivity index (χ2v) is 6.90. The highest BCUT2D eigenvalue weighted by molar-refractivity contribution is 8.04. The lowest BCUT2D eigenvalue weighted by atomic mass is 9.87. The summed E-state index contributed by atoms with van der Waals surface area (Å²) in [5.41, 5.74) is 0.870. The van der Waals surface area contributed by atoms with Gasteiger partial charge >= 0.3 is 5.97 Å². The number of carboxylic acids is 1. The quantitative estimate of drug-likeness (QED) is 0.652. The lowest BCUT2D eigenvalue weighted by Gasteiger charge is -2.30. The van der Waals surface area contributed by atoms with Crippen LogP contribution in [0.25, 0.3) is 0 Å². The second-order valence-electron chi connectivity index (χ2n) is 5.38. The number of rotatable bonds is 5. The zero-order chi connectivity index (χ0) is 15.3. The SMILES string of the molecule is CC(C)(C)C(S/C(C=O)=C(\Cl)C(=O)O)c1ccccc1. The number of thioether (sulfide) groups is 1. The first kappa shape index (κ1) is 16.8. The van der Waals surface area contributed by atoms with Gasteiger partial charge in [0.2, 0.25) is 0 Å². The van der Waals surface area contributed by atoms with Crippen molar-refractivity contribution in [2.24, 2.45) is 5.41 Å². The van der Waals surface area contributed by atoms with E-state index in [4.69, 9.17) is 16.7 Å². The molecule has 1 aromatic carbocycles. The minimum atomic E-state index is -1.29. The fourth-order valence-corrected chi connectivity index (χ4v) is 3.06. The highest BCUT2D eigenvalue weighted by Gasteiger charge is 2.29. The highest BCUT2D eigenvalue weighted by Crippen LogP contribution is 2.47. The molecular formula is C15H17ClO3S. The van der Waals surface area contributed by atoms with Crippen molar-refractivity contribution in [3.63, 3.8) is 0 Å². The first-order valence-corrected chi connectivity index (χ1v) is 7.33. The molecule has 20 heavy (non-hydrogen) atoms. The molecule has 1 rings (SSSR count). The van der Waals surface area contributed by atoms with Gasteiger partial charge in [0.05, 0.1) is 4.91 Å². The molecule has 1 aromatic rings. The molecule has 1 N–H and O–H groups in total. The van der Waals surface area contributed by atoms with E-state index in [-0.39, 0.29) is 15.6 Å². The Morgan fingerprint density at radius 3 is 2.25 bits per heavy atom. The number of allylic oxidation sites excluding steroid dienone is 1. The number of aldehydes is 1. The molecule has 0 saturated heterocycles. The number of benzene rings is 1. The summed E-state index contributed by atoms with van der Waals surface area (Å²) in [5.74, 6) is -1.29. The average molecular weight is 313 g/mol. The Morgan fingerprint density at radius 1 is 1.30 bits per heavy atom. The van der Waals surface area contributed by atoms with Crippen LogP contribution in [0.1, 0.15) is 31.6 Å². The van der Waals surface area contributed by atoms with Crippen LogP contribution in [0.2, 0.25) is 0 Å². The first-order chi connectivity index (χ1) is 9.27. The van der Waals surface area contributed by atoms with Gasteiger partial charge in [-0.2, -0.15) is 0 Å². The maximum Gasteiger partial charge on any atom is 0.348 e. The van der Waals surface area contributed by atoms with Gasteiger partial charge < -0.3 is 5.11 Å². The predicted octanol–water partition coefficient (Wildman–Crippen LogP) is 4.24. The number of carbonyl (C=O) groups is 2. The molecule has 0 saturated carbocycles. The number of halogens is 1. The highest BCUT2D eigenvalue weighted by atomic mass is 35.5. The summed E-state index contributed by atoms with van der Waals surface area (Å²) in [7, 11) is 0. The second kappa shape index (κ2) is 6.95. The standard InChI is InChI=1S/C15H17ClO3S/c1-15(2,3)13(10-7-5-4-6-8-10)20-11(9-17)12(16)14(18)19/h4-9,13H,1-3H3,(H,18,19)/b12-11-. The average Bonchev–Trinajstić information content (AvgIpc) is 2.38. The molecule has 0 amide bonds. The van der Waals surface area contributed by atoms with Crippen LogP contribution < -0.4 is 0 Å². The number of carbonyl (C=O) groups excluding carboxylic acids is 1. The Kier molecular flexibility index (Phi) is 5.84. The van der Waals surface area contributed by atoms with Crippen molar-refractivity contribution in [1.29, 1.82) is 0 Å². The molecule has 1 unspecified atom stereocenters. The van der Waals surface area contributed by atoms with Gasteiger partial charge in [-0.05, 0) is 11.0 Å². The zero-order valence-electron chi connectivity index (χ0n) is 11.6. The van der Waals surface area contributed by atoms with Crippen LogP contribution in [0.3, 0.4) is 0 Å². The largest absolute Gasteiger partial charge is 0.477 e. The van der Waals surface area contributed by atoms with Gasteiger partial charge in [0.25, 0.3) is 0 Å². The molecule has 0 spiro atoms. The number of carboxylic acid groups (broad SMARTS) is 1. The predicted molar refractivity (Wildman–Crippen MR) is 82.8 cm³/mol. The minimum absolute atomic E-state index is 0.0444. The topological polar surface area (TPSA) is 54.4 Å². The van der Waals surface area contributed by atoms with Gasteiger partial charge in [0.1, 0.15) is 5.03 Å². The van der Waals surface area contributed by atoms with Crippen LogP contribution >= 0.6 is 23.4 Å². The van der Waals surface area contributed by atoms with Crippen molar-refractivity contribution in [2.75, 3.05) is 0 Å². The summed E-state index contributed by atoms with van der Waals surface area (Å²) in [6.07, 6.45) is 0.503. The van der Waals surface area contributed by atoms with Crippen molar-refractivity contribution < 1.29 is 14.7 Å². The Hall–Kier alpha value is -1.26. The van der Waals surface area contributed by atoms with Gasteiger partial charge in [-0.3, -0.25) is 4.79 Å². The van der Waals surface area contributed by atoms with E-state index in [0.29, 0.717) is 6.29 Å². The van der Waals surface area contributed by atoms with Crippen LogP contribution in [0.15, 0.2) is 40.3 Å². The third-order valence-corrected chi connectivity index (χ3v) is 4.89. The minimum Gasteiger partial charge on any atom is -0.477 e. The van der Waals surface area contributed by atoms with Crippen LogP contribution in [0, 0.1) is 5.41 Å². The van der Waals surface area contributed by atoms with Gasteiger partial charge in [0, 0.05) is 5.25 Å².